The van der Waals surface area contributed by atoms with E-state index >= 15 is 0 Å². The molecule has 0 radical (unpaired) electrons. The molecule has 0 spiro atoms. The maximum absolute atomic E-state index is 13.3. The molecule has 1 aliphatic rings. The molecular formula is C15H14FNO3. The molecule has 1 N–H and O–H groups in total. The third kappa shape index (κ3) is 2.30. The van der Waals surface area contributed by atoms with Crippen LogP contribution >= 0.6 is 0 Å². The molecule has 2 atom stereocenters. The maximum Gasteiger partial charge on any atom is 0.237 e. The van der Waals surface area contributed by atoms with E-state index < -0.39 is 17.7 Å². The molecule has 1 saturated heterocycles. The highest BCUT2D eigenvalue weighted by Gasteiger charge is 2.43. The summed E-state index contributed by atoms with van der Waals surface area (Å²) in [6, 6.07) is 3.68. The van der Waals surface area contributed by atoms with E-state index in [9.17, 15) is 14.0 Å². The second-order valence-corrected chi connectivity index (χ2v) is 4.71. The first-order valence-electron chi connectivity index (χ1n) is 6.24. The second kappa shape index (κ2) is 5.43. The van der Waals surface area contributed by atoms with Gasteiger partial charge in [0.25, 0.3) is 0 Å². The molecule has 1 fully saturated rings. The van der Waals surface area contributed by atoms with Gasteiger partial charge in [-0.1, -0.05) is 25.7 Å². The normalized spacial score (nSPS) is 21.9. The number of halogens is 1. The predicted molar refractivity (Wildman–Crippen MR) is 71.2 cm³/mol. The summed E-state index contributed by atoms with van der Waals surface area (Å²) in [7, 11) is 0. The Bertz CT molecular complexity index is 610. The minimum Gasteiger partial charge on any atom is -0.384 e. The van der Waals surface area contributed by atoms with E-state index in [-0.39, 0.29) is 29.7 Å². The molecule has 104 valence electrons. The number of anilines is 1. The van der Waals surface area contributed by atoms with Gasteiger partial charge in [-0.05, 0) is 18.2 Å². The van der Waals surface area contributed by atoms with E-state index in [4.69, 9.17) is 5.11 Å². The average molecular weight is 275 g/mol. The van der Waals surface area contributed by atoms with E-state index in [1.165, 1.54) is 12.1 Å². The molecule has 1 aromatic rings. The van der Waals surface area contributed by atoms with Crippen molar-refractivity contribution in [1.82, 2.24) is 0 Å². The van der Waals surface area contributed by atoms with Crippen LogP contribution < -0.4 is 4.90 Å². The smallest absolute Gasteiger partial charge is 0.237 e. The van der Waals surface area contributed by atoms with Crippen molar-refractivity contribution in [2.45, 2.75) is 13.8 Å². The quantitative estimate of drug-likeness (QED) is 0.621. The van der Waals surface area contributed by atoms with Gasteiger partial charge in [0.15, 0.2) is 0 Å². The zero-order chi connectivity index (χ0) is 14.9. The van der Waals surface area contributed by atoms with Gasteiger partial charge in [0, 0.05) is 11.8 Å². The minimum atomic E-state index is -0.517. The van der Waals surface area contributed by atoms with E-state index in [1.807, 2.05) is 0 Å². The van der Waals surface area contributed by atoms with E-state index in [0.29, 0.717) is 0 Å². The van der Waals surface area contributed by atoms with Crippen molar-refractivity contribution in [3.8, 4) is 11.8 Å². The molecule has 1 aliphatic heterocycles. The Hall–Kier alpha value is -2.19. The van der Waals surface area contributed by atoms with Crippen LogP contribution in [-0.2, 0) is 9.59 Å². The van der Waals surface area contributed by atoms with Crippen LogP contribution in [0.3, 0.4) is 0 Å². The maximum atomic E-state index is 13.3. The number of amides is 2. The fraction of sp³-hybridized carbons (Fsp3) is 0.333. The van der Waals surface area contributed by atoms with Crippen LogP contribution in [0.15, 0.2) is 18.2 Å². The molecule has 5 heteroatoms. The molecule has 2 amide bonds. The number of benzene rings is 1. The first-order chi connectivity index (χ1) is 9.47. The van der Waals surface area contributed by atoms with Gasteiger partial charge in [0.2, 0.25) is 11.8 Å². The predicted octanol–water partition coefficient (Wildman–Crippen LogP) is 1.31. The molecule has 1 aromatic carbocycles. The van der Waals surface area contributed by atoms with Gasteiger partial charge in [-0.15, -0.1) is 0 Å². The molecule has 0 bridgehead atoms. The Morgan fingerprint density at radius 2 is 1.85 bits per heavy atom. The molecule has 2 rings (SSSR count). The van der Waals surface area contributed by atoms with Gasteiger partial charge < -0.3 is 5.11 Å². The van der Waals surface area contributed by atoms with Crippen molar-refractivity contribution < 1.29 is 19.1 Å². The summed E-state index contributed by atoms with van der Waals surface area (Å²) >= 11 is 0. The fourth-order valence-corrected chi connectivity index (χ4v) is 2.12. The number of hydrogen-bond donors (Lipinski definition) is 1. The largest absolute Gasteiger partial charge is 0.384 e. The lowest BCUT2D eigenvalue weighted by Crippen LogP contribution is -2.31. The number of rotatable bonds is 1. The molecule has 0 aromatic heterocycles. The van der Waals surface area contributed by atoms with Gasteiger partial charge in [0.1, 0.15) is 12.4 Å². The third-order valence-electron chi connectivity index (χ3n) is 3.47. The van der Waals surface area contributed by atoms with Crippen molar-refractivity contribution in [3.05, 3.63) is 29.6 Å². The zero-order valence-electron chi connectivity index (χ0n) is 11.2. The monoisotopic (exact) mass is 275 g/mol. The van der Waals surface area contributed by atoms with Crippen molar-refractivity contribution in [3.63, 3.8) is 0 Å². The molecule has 0 aliphatic carbocycles. The summed E-state index contributed by atoms with van der Waals surface area (Å²) in [5.74, 6) is 2.99. The SMILES string of the molecule is CC1C(=O)N(c2ccc(F)cc2C#CCO)C(=O)C1C. The number of imide groups is 1. The van der Waals surface area contributed by atoms with Crippen LogP contribution in [0.5, 0.6) is 0 Å². The van der Waals surface area contributed by atoms with Gasteiger partial charge in [-0.25, -0.2) is 9.29 Å². The second-order valence-electron chi connectivity index (χ2n) is 4.71. The molecule has 4 nitrogen and oxygen atoms in total. The van der Waals surface area contributed by atoms with Gasteiger partial charge in [-0.3, -0.25) is 9.59 Å². The number of hydrogen-bond acceptors (Lipinski definition) is 3. The highest BCUT2D eigenvalue weighted by Crippen LogP contribution is 2.32. The summed E-state index contributed by atoms with van der Waals surface area (Å²) in [6.45, 7) is 2.99. The third-order valence-corrected chi connectivity index (χ3v) is 3.47. The van der Waals surface area contributed by atoms with Crippen LogP contribution in [0.1, 0.15) is 19.4 Å². The summed E-state index contributed by atoms with van der Waals surface area (Å²) in [5.41, 5.74) is 0.473. The average Bonchev–Trinajstić information content (AvgIpc) is 2.62. The highest BCUT2D eigenvalue weighted by molar-refractivity contribution is 6.22. The lowest BCUT2D eigenvalue weighted by molar-refractivity contribution is -0.122. The number of nitrogens with zero attached hydrogens (tertiary/aromatic N) is 1. The standard InChI is InChI=1S/C15H14FNO3/c1-9-10(2)15(20)17(14(9)19)13-6-5-12(16)8-11(13)4-3-7-18/h5-6,8-10,18H,7H2,1-2H3. The Kier molecular flexibility index (Phi) is 3.86. The van der Waals surface area contributed by atoms with Crippen LogP contribution in [-0.4, -0.2) is 23.5 Å². The fourth-order valence-electron chi connectivity index (χ4n) is 2.12. The topological polar surface area (TPSA) is 57.6 Å². The molecule has 1 heterocycles. The Morgan fingerprint density at radius 1 is 1.25 bits per heavy atom. The molecule has 0 saturated carbocycles. The number of carbonyl (C=O) groups is 2. The Morgan fingerprint density at radius 3 is 2.40 bits per heavy atom. The first kappa shape index (κ1) is 14.2. The molecule has 2 unspecified atom stereocenters. The lowest BCUT2D eigenvalue weighted by atomic mass is 10.00. The number of aliphatic hydroxyl groups is 1. The van der Waals surface area contributed by atoms with Crippen LogP contribution in [0.2, 0.25) is 0 Å². The van der Waals surface area contributed by atoms with E-state index in [2.05, 4.69) is 11.8 Å². The van der Waals surface area contributed by atoms with Gasteiger partial charge in [0.05, 0.1) is 11.3 Å². The molecule has 20 heavy (non-hydrogen) atoms. The van der Waals surface area contributed by atoms with Crippen molar-refractivity contribution in [2.75, 3.05) is 11.5 Å². The summed E-state index contributed by atoms with van der Waals surface area (Å²) in [6.07, 6.45) is 0. The van der Waals surface area contributed by atoms with Crippen molar-refractivity contribution in [1.29, 1.82) is 0 Å². The van der Waals surface area contributed by atoms with Crippen LogP contribution in [0.4, 0.5) is 10.1 Å². The van der Waals surface area contributed by atoms with Crippen LogP contribution in [0.25, 0.3) is 0 Å². The Labute approximate surface area is 116 Å². The van der Waals surface area contributed by atoms with Crippen molar-refractivity contribution >= 4 is 17.5 Å². The zero-order valence-corrected chi connectivity index (χ0v) is 11.2. The number of aliphatic hydroxyl groups excluding tert-OH is 1. The van der Waals surface area contributed by atoms with E-state index in [1.54, 1.807) is 13.8 Å². The van der Waals surface area contributed by atoms with Crippen LogP contribution in [0, 0.1) is 29.5 Å². The molecular weight excluding hydrogens is 261 g/mol. The highest BCUT2D eigenvalue weighted by atomic mass is 19.1. The van der Waals surface area contributed by atoms with Gasteiger partial charge in [-0.2, -0.15) is 0 Å². The first-order valence-corrected chi connectivity index (χ1v) is 6.24. The van der Waals surface area contributed by atoms with Gasteiger partial charge >= 0.3 is 0 Å². The number of carbonyl (C=O) groups excluding carboxylic acids is 2. The summed E-state index contributed by atoms with van der Waals surface area (Å²) in [4.78, 5) is 25.4. The summed E-state index contributed by atoms with van der Waals surface area (Å²) < 4.78 is 13.3. The van der Waals surface area contributed by atoms with Crippen molar-refractivity contribution in [2.24, 2.45) is 11.8 Å². The Balaban J connectivity index is 2.53. The van der Waals surface area contributed by atoms with E-state index in [0.717, 1.165) is 11.0 Å². The minimum absolute atomic E-state index is 0.210. The summed E-state index contributed by atoms with van der Waals surface area (Å²) in [5, 5.41) is 8.73. The lowest BCUT2D eigenvalue weighted by Gasteiger charge is -2.16.